The van der Waals surface area contributed by atoms with Crippen molar-refractivity contribution >= 4 is 6.03 Å². The fourth-order valence-electron chi connectivity index (χ4n) is 1.23. The number of urea groups is 1. The number of hydrogen-bond donors (Lipinski definition) is 2. The Kier molecular flexibility index (Phi) is 5.93. The molecule has 1 aromatic carbocycles. The largest absolute Gasteiger partial charge is 0.492 e. The summed E-state index contributed by atoms with van der Waals surface area (Å²) >= 11 is 0. The van der Waals surface area contributed by atoms with Crippen molar-refractivity contribution in [2.75, 3.05) is 13.2 Å². The van der Waals surface area contributed by atoms with Crippen LogP contribution in [0.4, 0.5) is 4.79 Å². The molecule has 4 nitrogen and oxygen atoms in total. The summed E-state index contributed by atoms with van der Waals surface area (Å²) in [5.41, 5.74) is 0. The molecule has 4 heteroatoms. The predicted octanol–water partition coefficient (Wildman–Crippen LogP) is 2.16. The van der Waals surface area contributed by atoms with Gasteiger partial charge in [-0.15, -0.1) is 0 Å². The molecule has 0 aromatic heterocycles. The zero-order valence-corrected chi connectivity index (χ0v) is 10.4. The molecule has 0 aliphatic carbocycles. The van der Waals surface area contributed by atoms with Crippen LogP contribution >= 0.6 is 0 Å². The molecule has 0 aliphatic rings. The minimum atomic E-state index is -0.143. The smallest absolute Gasteiger partial charge is 0.315 e. The van der Waals surface area contributed by atoms with Crippen LogP contribution in [-0.4, -0.2) is 25.2 Å². The Bertz CT molecular complexity index is 327. The fraction of sp³-hybridized carbons (Fsp3) is 0.462. The lowest BCUT2D eigenvalue weighted by Crippen LogP contribution is -2.41. The number of ether oxygens (including phenoxy) is 1. The number of hydrogen-bond acceptors (Lipinski definition) is 2. The lowest BCUT2D eigenvalue weighted by molar-refractivity contribution is 0.233. The van der Waals surface area contributed by atoms with Gasteiger partial charge in [-0.3, -0.25) is 0 Å². The Labute approximate surface area is 102 Å². The van der Waals surface area contributed by atoms with Gasteiger partial charge in [0.15, 0.2) is 0 Å². The topological polar surface area (TPSA) is 50.4 Å². The van der Waals surface area contributed by atoms with Gasteiger partial charge in [0.1, 0.15) is 12.4 Å². The van der Waals surface area contributed by atoms with Crippen LogP contribution in [0.3, 0.4) is 0 Å². The average Bonchev–Trinajstić information content (AvgIpc) is 2.36. The molecule has 0 heterocycles. The van der Waals surface area contributed by atoms with Gasteiger partial charge in [0.2, 0.25) is 0 Å². The Morgan fingerprint density at radius 3 is 2.71 bits per heavy atom. The molecule has 0 saturated heterocycles. The molecular weight excluding hydrogens is 216 g/mol. The summed E-state index contributed by atoms with van der Waals surface area (Å²) in [7, 11) is 0. The van der Waals surface area contributed by atoms with E-state index in [1.807, 2.05) is 44.2 Å². The zero-order valence-electron chi connectivity index (χ0n) is 10.4. The lowest BCUT2D eigenvalue weighted by Gasteiger charge is -2.12. The van der Waals surface area contributed by atoms with Crippen LogP contribution in [0.2, 0.25) is 0 Å². The monoisotopic (exact) mass is 236 g/mol. The molecule has 1 rings (SSSR count). The van der Waals surface area contributed by atoms with Crippen LogP contribution in [0.15, 0.2) is 30.3 Å². The van der Waals surface area contributed by atoms with E-state index < -0.39 is 0 Å². The standard InChI is InChI=1S/C13H20N2O2/c1-3-11(2)15-13(16)14-9-10-17-12-7-5-4-6-8-12/h4-8,11H,3,9-10H2,1-2H3,(H2,14,15,16). The van der Waals surface area contributed by atoms with E-state index >= 15 is 0 Å². The molecule has 17 heavy (non-hydrogen) atoms. The molecule has 1 aromatic rings. The highest BCUT2D eigenvalue weighted by molar-refractivity contribution is 5.74. The first kappa shape index (κ1) is 13.4. The van der Waals surface area contributed by atoms with Gasteiger partial charge in [0, 0.05) is 6.04 Å². The van der Waals surface area contributed by atoms with Crippen LogP contribution in [-0.2, 0) is 0 Å². The molecule has 0 aliphatic heterocycles. The van der Waals surface area contributed by atoms with Gasteiger partial charge < -0.3 is 15.4 Å². The van der Waals surface area contributed by atoms with Crippen molar-refractivity contribution in [2.24, 2.45) is 0 Å². The number of carbonyl (C=O) groups is 1. The van der Waals surface area contributed by atoms with Crippen LogP contribution in [0.5, 0.6) is 5.75 Å². The molecule has 0 fully saturated rings. The average molecular weight is 236 g/mol. The van der Waals surface area contributed by atoms with E-state index in [4.69, 9.17) is 4.74 Å². The van der Waals surface area contributed by atoms with Gasteiger partial charge in [0.05, 0.1) is 6.54 Å². The SMILES string of the molecule is CCC(C)NC(=O)NCCOc1ccccc1. The normalized spacial score (nSPS) is 11.6. The van der Waals surface area contributed by atoms with E-state index in [0.29, 0.717) is 13.2 Å². The third-order valence-electron chi connectivity index (χ3n) is 2.39. The summed E-state index contributed by atoms with van der Waals surface area (Å²) in [4.78, 5) is 11.3. The Balaban J connectivity index is 2.10. The Morgan fingerprint density at radius 2 is 2.06 bits per heavy atom. The van der Waals surface area contributed by atoms with Crippen LogP contribution in [0.25, 0.3) is 0 Å². The molecule has 0 spiro atoms. The second-order valence-corrected chi connectivity index (χ2v) is 3.87. The maximum Gasteiger partial charge on any atom is 0.315 e. The quantitative estimate of drug-likeness (QED) is 0.744. The zero-order chi connectivity index (χ0) is 12.5. The first-order chi connectivity index (χ1) is 8.22. The third-order valence-corrected chi connectivity index (χ3v) is 2.39. The molecule has 94 valence electrons. The molecule has 2 amide bonds. The van der Waals surface area contributed by atoms with Crippen molar-refractivity contribution in [2.45, 2.75) is 26.3 Å². The maximum atomic E-state index is 11.3. The van der Waals surface area contributed by atoms with Crippen LogP contribution < -0.4 is 15.4 Å². The van der Waals surface area contributed by atoms with Gasteiger partial charge in [-0.1, -0.05) is 25.1 Å². The van der Waals surface area contributed by atoms with E-state index in [1.54, 1.807) is 0 Å². The molecule has 0 saturated carbocycles. The van der Waals surface area contributed by atoms with Gasteiger partial charge >= 0.3 is 6.03 Å². The van der Waals surface area contributed by atoms with E-state index in [-0.39, 0.29) is 12.1 Å². The number of rotatable bonds is 6. The molecule has 1 atom stereocenters. The van der Waals surface area contributed by atoms with Crippen molar-refractivity contribution in [3.63, 3.8) is 0 Å². The Morgan fingerprint density at radius 1 is 1.35 bits per heavy atom. The van der Waals surface area contributed by atoms with E-state index in [1.165, 1.54) is 0 Å². The summed E-state index contributed by atoms with van der Waals surface area (Å²) < 4.78 is 5.45. The number of nitrogens with one attached hydrogen (secondary N) is 2. The van der Waals surface area contributed by atoms with Crippen molar-refractivity contribution in [1.29, 1.82) is 0 Å². The molecule has 0 radical (unpaired) electrons. The van der Waals surface area contributed by atoms with E-state index in [0.717, 1.165) is 12.2 Å². The minimum absolute atomic E-state index is 0.143. The highest BCUT2D eigenvalue weighted by Crippen LogP contribution is 2.07. The molecule has 1 unspecified atom stereocenters. The highest BCUT2D eigenvalue weighted by Gasteiger charge is 2.03. The Hall–Kier alpha value is -1.71. The van der Waals surface area contributed by atoms with Crippen LogP contribution in [0.1, 0.15) is 20.3 Å². The highest BCUT2D eigenvalue weighted by atomic mass is 16.5. The van der Waals surface area contributed by atoms with E-state index in [2.05, 4.69) is 10.6 Å². The van der Waals surface area contributed by atoms with Crippen molar-refractivity contribution in [3.05, 3.63) is 30.3 Å². The van der Waals surface area contributed by atoms with Crippen molar-refractivity contribution < 1.29 is 9.53 Å². The fourth-order valence-corrected chi connectivity index (χ4v) is 1.23. The van der Waals surface area contributed by atoms with Gasteiger partial charge in [-0.2, -0.15) is 0 Å². The summed E-state index contributed by atoms with van der Waals surface area (Å²) in [5, 5.41) is 5.57. The number of para-hydroxylation sites is 1. The first-order valence-electron chi connectivity index (χ1n) is 5.94. The summed E-state index contributed by atoms with van der Waals surface area (Å²) in [6.07, 6.45) is 0.925. The van der Waals surface area contributed by atoms with E-state index in [9.17, 15) is 4.79 Å². The maximum absolute atomic E-state index is 11.3. The van der Waals surface area contributed by atoms with Gasteiger partial charge in [-0.05, 0) is 25.5 Å². The van der Waals surface area contributed by atoms with Gasteiger partial charge in [-0.25, -0.2) is 4.79 Å². The summed E-state index contributed by atoms with van der Waals surface area (Å²) in [5.74, 6) is 0.816. The second-order valence-electron chi connectivity index (χ2n) is 3.87. The number of amides is 2. The lowest BCUT2D eigenvalue weighted by atomic mass is 10.3. The first-order valence-corrected chi connectivity index (χ1v) is 5.94. The molecule has 0 bridgehead atoms. The van der Waals surface area contributed by atoms with Crippen molar-refractivity contribution in [1.82, 2.24) is 10.6 Å². The predicted molar refractivity (Wildman–Crippen MR) is 68.2 cm³/mol. The number of benzene rings is 1. The van der Waals surface area contributed by atoms with Crippen LogP contribution in [0, 0.1) is 0 Å². The van der Waals surface area contributed by atoms with Gasteiger partial charge in [0.25, 0.3) is 0 Å². The van der Waals surface area contributed by atoms with Crippen molar-refractivity contribution in [3.8, 4) is 5.75 Å². The second kappa shape index (κ2) is 7.54. The molecule has 2 N–H and O–H groups in total. The molecular formula is C13H20N2O2. The number of carbonyl (C=O) groups excluding carboxylic acids is 1. The summed E-state index contributed by atoms with van der Waals surface area (Å²) in [6, 6.07) is 9.60. The third kappa shape index (κ3) is 5.80. The summed E-state index contributed by atoms with van der Waals surface area (Å²) in [6.45, 7) is 4.97. The minimum Gasteiger partial charge on any atom is -0.492 e.